The Morgan fingerprint density at radius 3 is 2.94 bits per heavy atom. The molecule has 1 amide bonds. The van der Waals surface area contributed by atoms with Crippen LogP contribution < -0.4 is 10.6 Å². The van der Waals surface area contributed by atoms with Crippen molar-refractivity contribution < 1.29 is 4.79 Å². The maximum absolute atomic E-state index is 12.1. The third-order valence-electron chi connectivity index (χ3n) is 3.40. The monoisotopic (exact) mass is 310 g/mol. The van der Waals surface area contributed by atoms with Gasteiger partial charge in [-0.15, -0.1) is 0 Å². The Hall–Kier alpha value is -0.870. The normalized spacial score (nSPS) is 21.3. The molecular weight excluding hydrogens is 292 g/mol. The van der Waals surface area contributed by atoms with E-state index in [1.54, 1.807) is 0 Å². The molecule has 0 radical (unpaired) electrons. The highest BCUT2D eigenvalue weighted by molar-refractivity contribution is 9.10. The van der Waals surface area contributed by atoms with Crippen LogP contribution in [0.2, 0.25) is 0 Å². The minimum atomic E-state index is 0.0370. The number of hydrogen-bond donors (Lipinski definition) is 2. The number of benzene rings is 1. The van der Waals surface area contributed by atoms with Crippen molar-refractivity contribution in [3.05, 3.63) is 34.3 Å². The molecule has 2 N–H and O–H groups in total. The predicted molar refractivity (Wildman–Crippen MR) is 76.3 cm³/mol. The summed E-state index contributed by atoms with van der Waals surface area (Å²) in [5.74, 6) is 0.272. The number of nitrogens with one attached hydrogen (secondary N) is 2. The summed E-state index contributed by atoms with van der Waals surface area (Å²) in [6.07, 6.45) is 2.07. The van der Waals surface area contributed by atoms with Crippen LogP contribution in [0.15, 0.2) is 28.7 Å². The number of halogens is 1. The first-order valence-electron chi connectivity index (χ1n) is 6.44. The van der Waals surface area contributed by atoms with Gasteiger partial charge in [-0.25, -0.2) is 0 Å². The van der Waals surface area contributed by atoms with Crippen LogP contribution in [-0.2, 0) is 4.79 Å². The lowest BCUT2D eigenvalue weighted by Crippen LogP contribution is -2.41. The zero-order chi connectivity index (χ0) is 13.0. The lowest BCUT2D eigenvalue weighted by molar-refractivity contribution is -0.126. The summed E-state index contributed by atoms with van der Waals surface area (Å²) in [4.78, 5) is 12.1. The van der Waals surface area contributed by atoms with E-state index >= 15 is 0 Å². The summed E-state index contributed by atoms with van der Waals surface area (Å²) in [6, 6.07) is 8.04. The second-order valence-electron chi connectivity index (χ2n) is 4.80. The molecule has 0 bridgehead atoms. The van der Waals surface area contributed by atoms with Crippen molar-refractivity contribution in [2.24, 2.45) is 5.92 Å². The molecule has 2 atom stereocenters. The van der Waals surface area contributed by atoms with Crippen molar-refractivity contribution in [3.8, 4) is 0 Å². The molecule has 0 aromatic heterocycles. The minimum absolute atomic E-state index is 0.0370. The van der Waals surface area contributed by atoms with E-state index in [1.807, 2.05) is 31.2 Å². The van der Waals surface area contributed by atoms with Gasteiger partial charge < -0.3 is 10.6 Å². The molecule has 98 valence electrons. The fourth-order valence-electron chi connectivity index (χ4n) is 2.31. The minimum Gasteiger partial charge on any atom is -0.349 e. The van der Waals surface area contributed by atoms with E-state index in [0.29, 0.717) is 0 Å². The zero-order valence-corrected chi connectivity index (χ0v) is 12.2. The first kappa shape index (κ1) is 13.6. The average molecular weight is 311 g/mol. The highest BCUT2D eigenvalue weighted by atomic mass is 79.9. The fourth-order valence-corrected chi connectivity index (χ4v) is 2.94. The van der Waals surface area contributed by atoms with Crippen LogP contribution in [-0.4, -0.2) is 19.0 Å². The second kappa shape index (κ2) is 6.34. The van der Waals surface area contributed by atoms with Crippen LogP contribution in [0.1, 0.15) is 31.4 Å². The van der Waals surface area contributed by atoms with Crippen LogP contribution in [0.5, 0.6) is 0 Å². The predicted octanol–water partition coefficient (Wildman–Crippen LogP) is 2.63. The first-order valence-corrected chi connectivity index (χ1v) is 7.23. The van der Waals surface area contributed by atoms with Gasteiger partial charge in [0.05, 0.1) is 12.0 Å². The van der Waals surface area contributed by atoms with E-state index in [9.17, 15) is 4.79 Å². The molecule has 1 aromatic carbocycles. The van der Waals surface area contributed by atoms with Gasteiger partial charge in [0, 0.05) is 11.0 Å². The van der Waals surface area contributed by atoms with Gasteiger partial charge in [-0.3, -0.25) is 4.79 Å². The van der Waals surface area contributed by atoms with Gasteiger partial charge in [0.15, 0.2) is 0 Å². The third-order valence-corrected chi connectivity index (χ3v) is 4.12. The molecule has 2 rings (SSSR count). The molecule has 0 saturated carbocycles. The molecular formula is C14H19BrN2O. The van der Waals surface area contributed by atoms with Gasteiger partial charge in [-0.2, -0.15) is 0 Å². The summed E-state index contributed by atoms with van der Waals surface area (Å²) >= 11 is 3.52. The summed E-state index contributed by atoms with van der Waals surface area (Å²) < 4.78 is 1.04. The summed E-state index contributed by atoms with van der Waals surface area (Å²) in [6.45, 7) is 3.85. The number of carbonyl (C=O) groups is 1. The molecule has 1 fully saturated rings. The van der Waals surface area contributed by atoms with Crippen molar-refractivity contribution in [1.29, 1.82) is 0 Å². The maximum Gasteiger partial charge on any atom is 0.224 e. The number of piperidine rings is 1. The SMILES string of the molecule is C[C@@H](NC(=O)[C@@H]1CCCNC1)c1ccccc1Br. The van der Waals surface area contributed by atoms with E-state index in [2.05, 4.69) is 26.6 Å². The van der Waals surface area contributed by atoms with Crippen LogP contribution in [0.25, 0.3) is 0 Å². The molecule has 18 heavy (non-hydrogen) atoms. The van der Waals surface area contributed by atoms with E-state index in [-0.39, 0.29) is 17.9 Å². The van der Waals surface area contributed by atoms with Crippen LogP contribution in [0, 0.1) is 5.92 Å². The topological polar surface area (TPSA) is 41.1 Å². The number of amides is 1. The summed E-state index contributed by atoms with van der Waals surface area (Å²) in [5.41, 5.74) is 1.12. The van der Waals surface area contributed by atoms with Crippen LogP contribution in [0.4, 0.5) is 0 Å². The average Bonchev–Trinajstić information content (AvgIpc) is 2.40. The van der Waals surface area contributed by atoms with E-state index in [1.165, 1.54) is 0 Å². The lowest BCUT2D eigenvalue weighted by Gasteiger charge is -2.24. The fraction of sp³-hybridized carbons (Fsp3) is 0.500. The number of carbonyl (C=O) groups excluding carboxylic acids is 1. The Kier molecular flexibility index (Phi) is 4.78. The standard InChI is InChI=1S/C14H19BrN2O/c1-10(12-6-2-3-7-13(12)15)17-14(18)11-5-4-8-16-9-11/h2-3,6-7,10-11,16H,4-5,8-9H2,1H3,(H,17,18)/t10-,11-/m1/s1. The highest BCUT2D eigenvalue weighted by Gasteiger charge is 2.22. The second-order valence-corrected chi connectivity index (χ2v) is 5.65. The lowest BCUT2D eigenvalue weighted by atomic mass is 9.98. The molecule has 1 aromatic rings. The van der Waals surface area contributed by atoms with E-state index < -0.39 is 0 Å². The van der Waals surface area contributed by atoms with E-state index in [0.717, 1.165) is 36.0 Å². The van der Waals surface area contributed by atoms with Gasteiger partial charge in [-0.1, -0.05) is 34.1 Å². The van der Waals surface area contributed by atoms with Gasteiger partial charge in [0.25, 0.3) is 0 Å². The molecule has 0 unspecified atom stereocenters. The van der Waals surface area contributed by atoms with Crippen LogP contribution in [0.3, 0.4) is 0 Å². The maximum atomic E-state index is 12.1. The van der Waals surface area contributed by atoms with Crippen molar-refractivity contribution >= 4 is 21.8 Å². The van der Waals surface area contributed by atoms with Gasteiger partial charge >= 0.3 is 0 Å². The Bertz CT molecular complexity index is 416. The largest absolute Gasteiger partial charge is 0.349 e. The number of rotatable bonds is 3. The Morgan fingerprint density at radius 2 is 2.28 bits per heavy atom. The molecule has 0 aliphatic carbocycles. The van der Waals surface area contributed by atoms with Crippen molar-refractivity contribution in [2.75, 3.05) is 13.1 Å². The molecule has 1 aliphatic heterocycles. The van der Waals surface area contributed by atoms with Crippen molar-refractivity contribution in [3.63, 3.8) is 0 Å². The summed E-state index contributed by atoms with van der Waals surface area (Å²) in [7, 11) is 0. The number of hydrogen-bond acceptors (Lipinski definition) is 2. The van der Waals surface area contributed by atoms with Crippen molar-refractivity contribution in [2.45, 2.75) is 25.8 Å². The quantitative estimate of drug-likeness (QED) is 0.901. The van der Waals surface area contributed by atoms with E-state index in [4.69, 9.17) is 0 Å². The molecule has 1 saturated heterocycles. The van der Waals surface area contributed by atoms with Crippen LogP contribution >= 0.6 is 15.9 Å². The Balaban J connectivity index is 1.96. The Labute approximate surface area is 116 Å². The first-order chi connectivity index (χ1) is 8.68. The molecule has 4 heteroatoms. The highest BCUT2D eigenvalue weighted by Crippen LogP contribution is 2.23. The zero-order valence-electron chi connectivity index (χ0n) is 10.6. The molecule has 1 heterocycles. The molecule has 3 nitrogen and oxygen atoms in total. The van der Waals surface area contributed by atoms with Gasteiger partial charge in [0.2, 0.25) is 5.91 Å². The molecule has 1 aliphatic rings. The Morgan fingerprint density at radius 1 is 1.50 bits per heavy atom. The van der Waals surface area contributed by atoms with Gasteiger partial charge in [0.1, 0.15) is 0 Å². The smallest absolute Gasteiger partial charge is 0.224 e. The summed E-state index contributed by atoms with van der Waals surface area (Å²) in [5, 5.41) is 6.37. The molecule has 0 spiro atoms. The third kappa shape index (κ3) is 3.33. The van der Waals surface area contributed by atoms with Gasteiger partial charge in [-0.05, 0) is 37.9 Å². The van der Waals surface area contributed by atoms with Crippen molar-refractivity contribution in [1.82, 2.24) is 10.6 Å².